The minimum atomic E-state index is -4.75. The first kappa shape index (κ1) is 22.4. The fourth-order valence-electron chi connectivity index (χ4n) is 3.97. The normalized spacial score (nSPS) is 16.6. The van der Waals surface area contributed by atoms with Gasteiger partial charge in [-0.2, -0.15) is 0 Å². The van der Waals surface area contributed by atoms with Gasteiger partial charge < -0.3 is 9.47 Å². The fourth-order valence-corrected chi connectivity index (χ4v) is 4.24. The Bertz CT molecular complexity index is 914. The van der Waals surface area contributed by atoms with E-state index in [-0.39, 0.29) is 18.3 Å². The summed E-state index contributed by atoms with van der Waals surface area (Å²) in [5.74, 6) is -0.621. The molecule has 0 radical (unpaired) electrons. The number of hydrogen-bond donors (Lipinski definition) is 0. The Labute approximate surface area is 182 Å². The average molecular weight is 483 g/mol. The quantitative estimate of drug-likeness (QED) is 0.324. The van der Waals surface area contributed by atoms with E-state index >= 15 is 0 Å². The number of ether oxygens (including phenoxy) is 2. The smallest absolute Gasteiger partial charge is 0.466 e. The van der Waals surface area contributed by atoms with Gasteiger partial charge in [-0.3, -0.25) is 4.79 Å². The lowest BCUT2D eigenvalue weighted by molar-refractivity contribution is -0.274. The van der Waals surface area contributed by atoms with Crippen molar-refractivity contribution < 1.29 is 27.4 Å². The van der Waals surface area contributed by atoms with Gasteiger partial charge in [0.15, 0.2) is 0 Å². The molecule has 0 aliphatic heterocycles. The number of hydrogen-bond acceptors (Lipinski definition) is 3. The maximum atomic E-state index is 13.2. The summed E-state index contributed by atoms with van der Waals surface area (Å²) in [6.07, 6.45) is 0.0215. The van der Waals surface area contributed by atoms with Crippen LogP contribution in [0.5, 0.6) is 5.75 Å². The number of benzene rings is 2. The van der Waals surface area contributed by atoms with Crippen molar-refractivity contribution in [3.8, 4) is 5.75 Å². The molecule has 1 atom stereocenters. The molecule has 30 heavy (non-hydrogen) atoms. The third kappa shape index (κ3) is 4.41. The lowest BCUT2D eigenvalue weighted by Crippen LogP contribution is -2.46. The van der Waals surface area contributed by atoms with Crippen LogP contribution in [0, 0.1) is 5.41 Å². The van der Waals surface area contributed by atoms with Crippen LogP contribution < -0.4 is 4.74 Å². The summed E-state index contributed by atoms with van der Waals surface area (Å²) in [5, 5.41) is 0. The molecule has 2 aromatic carbocycles. The van der Waals surface area contributed by atoms with Crippen LogP contribution in [0.3, 0.4) is 0 Å². The standard InChI is InChI=1S/C23H22BrF3O3/c1-3-21(20(28)29-4-2,15-16-5-9-18(24)10-6-16)22(13-14-22)17-7-11-19(12-8-17)30-23(25,26)27/h5-14H,3-4,15H2,1-2H3/t21-/m1/s1. The predicted molar refractivity (Wildman–Crippen MR) is 111 cm³/mol. The van der Waals surface area contributed by atoms with Gasteiger partial charge in [0.05, 0.1) is 12.0 Å². The number of alkyl halides is 3. The Morgan fingerprint density at radius 3 is 2.07 bits per heavy atom. The molecule has 3 nitrogen and oxygen atoms in total. The Hall–Kier alpha value is -2.28. The van der Waals surface area contributed by atoms with E-state index in [1.54, 1.807) is 19.1 Å². The highest BCUT2D eigenvalue weighted by Gasteiger charge is 2.59. The first-order valence-corrected chi connectivity index (χ1v) is 10.4. The van der Waals surface area contributed by atoms with Crippen molar-refractivity contribution in [1.29, 1.82) is 0 Å². The van der Waals surface area contributed by atoms with Crippen molar-refractivity contribution in [2.75, 3.05) is 6.61 Å². The third-order valence-electron chi connectivity index (χ3n) is 5.55. The molecular weight excluding hydrogens is 461 g/mol. The maximum absolute atomic E-state index is 13.2. The van der Waals surface area contributed by atoms with Crippen molar-refractivity contribution in [2.24, 2.45) is 5.41 Å². The van der Waals surface area contributed by atoms with E-state index in [1.165, 1.54) is 12.1 Å². The van der Waals surface area contributed by atoms with E-state index in [4.69, 9.17) is 4.74 Å². The Morgan fingerprint density at radius 1 is 1.00 bits per heavy atom. The minimum Gasteiger partial charge on any atom is -0.466 e. The zero-order valence-corrected chi connectivity index (χ0v) is 18.2. The zero-order valence-electron chi connectivity index (χ0n) is 16.6. The number of halogens is 4. The lowest BCUT2D eigenvalue weighted by atomic mass is 9.62. The molecule has 0 spiro atoms. The fraction of sp³-hybridized carbons (Fsp3) is 0.348. The monoisotopic (exact) mass is 482 g/mol. The van der Waals surface area contributed by atoms with Crippen molar-refractivity contribution in [3.05, 3.63) is 76.3 Å². The first-order chi connectivity index (χ1) is 14.2. The highest BCUT2D eigenvalue weighted by molar-refractivity contribution is 9.10. The summed E-state index contributed by atoms with van der Waals surface area (Å²) in [6.45, 7) is 3.93. The molecule has 0 N–H and O–H groups in total. The van der Waals surface area contributed by atoms with Crippen LogP contribution in [-0.4, -0.2) is 18.9 Å². The summed E-state index contributed by atoms with van der Waals surface area (Å²) in [7, 11) is 0. The van der Waals surface area contributed by atoms with Gasteiger partial charge in [-0.1, -0.05) is 59.3 Å². The van der Waals surface area contributed by atoms with Gasteiger partial charge >= 0.3 is 12.3 Å². The van der Waals surface area contributed by atoms with Crippen molar-refractivity contribution >= 4 is 21.9 Å². The molecule has 0 unspecified atom stereocenters. The van der Waals surface area contributed by atoms with Crippen LogP contribution in [0.15, 0.2) is 65.2 Å². The molecule has 0 amide bonds. The van der Waals surface area contributed by atoms with Crippen LogP contribution in [0.1, 0.15) is 31.4 Å². The summed E-state index contributed by atoms with van der Waals surface area (Å²) in [4.78, 5) is 13.2. The summed E-state index contributed by atoms with van der Waals surface area (Å²) in [6, 6.07) is 13.4. The van der Waals surface area contributed by atoms with E-state index in [0.717, 1.165) is 15.6 Å². The van der Waals surface area contributed by atoms with Gasteiger partial charge in [0.25, 0.3) is 0 Å². The second kappa shape index (κ2) is 8.46. The third-order valence-corrected chi connectivity index (χ3v) is 6.07. The van der Waals surface area contributed by atoms with Gasteiger partial charge in [0, 0.05) is 9.89 Å². The number of carbonyl (C=O) groups is 1. The van der Waals surface area contributed by atoms with Crippen molar-refractivity contribution in [1.82, 2.24) is 0 Å². The highest BCUT2D eigenvalue weighted by Crippen LogP contribution is 2.57. The zero-order chi connectivity index (χ0) is 22.0. The molecule has 0 saturated heterocycles. The van der Waals surface area contributed by atoms with Gasteiger partial charge in [-0.05, 0) is 55.2 Å². The van der Waals surface area contributed by atoms with Crippen LogP contribution in [-0.2, 0) is 21.4 Å². The molecule has 3 rings (SSSR count). The number of carbonyl (C=O) groups excluding carboxylic acids is 1. The summed E-state index contributed by atoms with van der Waals surface area (Å²) >= 11 is 3.42. The molecular formula is C23H22BrF3O3. The second-order valence-corrected chi connectivity index (χ2v) is 8.15. The molecule has 0 aromatic heterocycles. The van der Waals surface area contributed by atoms with E-state index in [2.05, 4.69) is 20.7 Å². The topological polar surface area (TPSA) is 35.5 Å². The Kier molecular flexibility index (Phi) is 6.32. The molecule has 1 aliphatic carbocycles. The molecule has 0 fully saturated rings. The molecule has 7 heteroatoms. The van der Waals surface area contributed by atoms with E-state index in [1.807, 2.05) is 43.3 Å². The van der Waals surface area contributed by atoms with Gasteiger partial charge in [0.2, 0.25) is 0 Å². The summed E-state index contributed by atoms with van der Waals surface area (Å²) < 4.78 is 47.9. The number of esters is 1. The Morgan fingerprint density at radius 2 is 1.60 bits per heavy atom. The van der Waals surface area contributed by atoms with E-state index in [0.29, 0.717) is 12.8 Å². The van der Waals surface area contributed by atoms with Crippen LogP contribution in [0.2, 0.25) is 0 Å². The van der Waals surface area contributed by atoms with Crippen LogP contribution in [0.4, 0.5) is 13.2 Å². The molecule has 0 heterocycles. The molecule has 0 bridgehead atoms. The van der Waals surface area contributed by atoms with Crippen LogP contribution >= 0.6 is 15.9 Å². The molecule has 2 aromatic rings. The minimum absolute atomic E-state index is 0.245. The highest BCUT2D eigenvalue weighted by atomic mass is 79.9. The molecule has 0 saturated carbocycles. The first-order valence-electron chi connectivity index (χ1n) is 9.64. The average Bonchev–Trinajstić information content (AvgIpc) is 3.49. The summed E-state index contributed by atoms with van der Waals surface area (Å²) in [5.41, 5.74) is 0.0587. The largest absolute Gasteiger partial charge is 0.573 e. The molecule has 160 valence electrons. The number of rotatable bonds is 8. The SMILES string of the molecule is CCOC(=O)[C@@](CC)(Cc1ccc(Br)cc1)C1(c2ccc(OC(F)(F)F)cc2)C=C1. The molecule has 1 aliphatic rings. The van der Waals surface area contributed by atoms with Gasteiger partial charge in [-0.15, -0.1) is 13.2 Å². The van der Waals surface area contributed by atoms with Gasteiger partial charge in [0.1, 0.15) is 5.75 Å². The maximum Gasteiger partial charge on any atom is 0.573 e. The van der Waals surface area contributed by atoms with E-state index in [9.17, 15) is 18.0 Å². The predicted octanol–water partition coefficient (Wildman–Crippen LogP) is 6.36. The van der Waals surface area contributed by atoms with E-state index < -0.39 is 17.2 Å². The van der Waals surface area contributed by atoms with Gasteiger partial charge in [-0.25, -0.2) is 0 Å². The van der Waals surface area contributed by atoms with Crippen molar-refractivity contribution in [3.63, 3.8) is 0 Å². The lowest BCUT2D eigenvalue weighted by Gasteiger charge is -2.39. The second-order valence-electron chi connectivity index (χ2n) is 7.23. The van der Waals surface area contributed by atoms with Crippen LogP contribution in [0.25, 0.3) is 0 Å². The van der Waals surface area contributed by atoms with Crippen molar-refractivity contribution in [2.45, 2.75) is 38.5 Å². The number of allylic oxidation sites excluding steroid dienone is 2. The Balaban J connectivity index is 1.99.